The quantitative estimate of drug-likeness (QED) is 0.513. The second kappa shape index (κ2) is 8.97. The molecule has 1 aromatic heterocycles. The van der Waals surface area contributed by atoms with Crippen molar-refractivity contribution in [2.24, 2.45) is 0 Å². The Labute approximate surface area is 125 Å². The van der Waals surface area contributed by atoms with Gasteiger partial charge >= 0.3 is 5.97 Å². The fraction of sp³-hybridized carbons (Fsp3) is 0.600. The lowest BCUT2D eigenvalue weighted by atomic mass is 9.95. The van der Waals surface area contributed by atoms with Gasteiger partial charge in [-0.1, -0.05) is 13.3 Å². The molecule has 112 valence electrons. The van der Waals surface area contributed by atoms with Crippen LogP contribution in [-0.4, -0.2) is 33.9 Å². The number of carboxylic acids is 1. The van der Waals surface area contributed by atoms with Gasteiger partial charge in [-0.15, -0.1) is 11.8 Å². The number of hydrogen-bond donors (Lipinski definition) is 2. The zero-order valence-electron chi connectivity index (χ0n) is 12.3. The van der Waals surface area contributed by atoms with Crippen LogP contribution in [0.4, 0.5) is 0 Å². The van der Waals surface area contributed by atoms with Crippen LogP contribution in [0.3, 0.4) is 0 Å². The highest BCUT2D eigenvalue weighted by molar-refractivity contribution is 7.99. The number of nitrogens with zero attached hydrogens (tertiary/aromatic N) is 1. The van der Waals surface area contributed by atoms with E-state index < -0.39 is 11.5 Å². The van der Waals surface area contributed by atoms with Crippen molar-refractivity contribution in [3.05, 3.63) is 24.5 Å². The van der Waals surface area contributed by atoms with Gasteiger partial charge in [0.25, 0.3) is 0 Å². The van der Waals surface area contributed by atoms with Crippen LogP contribution in [-0.2, 0) is 4.79 Å². The first-order valence-electron chi connectivity index (χ1n) is 7.10. The molecule has 0 fully saturated rings. The van der Waals surface area contributed by atoms with Gasteiger partial charge in [0, 0.05) is 17.3 Å². The van der Waals surface area contributed by atoms with E-state index in [1.807, 2.05) is 19.1 Å². The van der Waals surface area contributed by atoms with Gasteiger partial charge in [-0.2, -0.15) is 0 Å². The van der Waals surface area contributed by atoms with E-state index in [-0.39, 0.29) is 0 Å². The molecule has 0 aliphatic heterocycles. The second-order valence-electron chi connectivity index (χ2n) is 5.05. The predicted octanol–water partition coefficient (Wildman–Crippen LogP) is 3.19. The predicted molar refractivity (Wildman–Crippen MR) is 83.1 cm³/mol. The number of thioether (sulfide) groups is 1. The SMILES string of the molecule is CCCNC(C)(CCCCSc1ccncc1)C(=O)O. The van der Waals surface area contributed by atoms with E-state index in [0.29, 0.717) is 6.42 Å². The summed E-state index contributed by atoms with van der Waals surface area (Å²) in [7, 11) is 0. The normalized spacial score (nSPS) is 13.9. The van der Waals surface area contributed by atoms with Crippen LogP contribution in [0.2, 0.25) is 0 Å². The molecule has 1 unspecified atom stereocenters. The average molecular weight is 296 g/mol. The highest BCUT2D eigenvalue weighted by atomic mass is 32.2. The van der Waals surface area contributed by atoms with E-state index in [9.17, 15) is 9.90 Å². The minimum atomic E-state index is -0.794. The first-order valence-corrected chi connectivity index (χ1v) is 8.08. The molecule has 0 saturated carbocycles. The zero-order valence-corrected chi connectivity index (χ0v) is 13.1. The van der Waals surface area contributed by atoms with Crippen molar-refractivity contribution in [2.75, 3.05) is 12.3 Å². The van der Waals surface area contributed by atoms with Crippen LogP contribution in [0.1, 0.15) is 39.5 Å². The third kappa shape index (κ3) is 5.92. The maximum Gasteiger partial charge on any atom is 0.323 e. The van der Waals surface area contributed by atoms with Crippen molar-refractivity contribution in [3.8, 4) is 0 Å². The van der Waals surface area contributed by atoms with Gasteiger partial charge in [0.2, 0.25) is 0 Å². The molecule has 1 atom stereocenters. The van der Waals surface area contributed by atoms with Gasteiger partial charge in [-0.3, -0.25) is 9.78 Å². The highest BCUT2D eigenvalue weighted by Crippen LogP contribution is 2.20. The summed E-state index contributed by atoms with van der Waals surface area (Å²) >= 11 is 1.79. The lowest BCUT2D eigenvalue weighted by Crippen LogP contribution is -2.49. The molecule has 1 rings (SSSR count). The lowest BCUT2D eigenvalue weighted by molar-refractivity contribution is -0.144. The molecule has 1 aromatic rings. The average Bonchev–Trinajstić information content (AvgIpc) is 2.45. The summed E-state index contributed by atoms with van der Waals surface area (Å²) in [6.45, 7) is 4.57. The van der Waals surface area contributed by atoms with E-state index in [1.54, 1.807) is 31.1 Å². The van der Waals surface area contributed by atoms with Gasteiger partial charge in [0.05, 0.1) is 0 Å². The van der Waals surface area contributed by atoms with Crippen molar-refractivity contribution in [1.82, 2.24) is 10.3 Å². The largest absolute Gasteiger partial charge is 0.480 e. The maximum absolute atomic E-state index is 11.3. The van der Waals surface area contributed by atoms with Crippen molar-refractivity contribution in [1.29, 1.82) is 0 Å². The Kier molecular flexibility index (Phi) is 7.62. The van der Waals surface area contributed by atoms with Gasteiger partial charge in [-0.25, -0.2) is 0 Å². The Morgan fingerprint density at radius 3 is 2.70 bits per heavy atom. The number of hydrogen-bond acceptors (Lipinski definition) is 4. The molecular formula is C15H24N2O2S. The van der Waals surface area contributed by atoms with Gasteiger partial charge < -0.3 is 10.4 Å². The third-order valence-electron chi connectivity index (χ3n) is 3.23. The monoisotopic (exact) mass is 296 g/mol. The number of aliphatic carboxylic acids is 1. The van der Waals surface area contributed by atoms with Crippen LogP contribution in [0.25, 0.3) is 0 Å². The fourth-order valence-corrected chi connectivity index (χ4v) is 2.78. The Bertz CT molecular complexity index is 400. The number of unbranched alkanes of at least 4 members (excludes halogenated alkanes) is 1. The van der Waals surface area contributed by atoms with E-state index in [4.69, 9.17) is 0 Å². The Balaban J connectivity index is 2.25. The molecule has 0 radical (unpaired) electrons. The van der Waals surface area contributed by atoms with Crippen LogP contribution in [0.15, 0.2) is 29.4 Å². The van der Waals surface area contributed by atoms with E-state index in [2.05, 4.69) is 10.3 Å². The second-order valence-corrected chi connectivity index (χ2v) is 6.22. The Morgan fingerprint density at radius 2 is 2.10 bits per heavy atom. The van der Waals surface area contributed by atoms with Gasteiger partial charge in [-0.05, 0) is 50.6 Å². The van der Waals surface area contributed by atoms with Crippen LogP contribution < -0.4 is 5.32 Å². The van der Waals surface area contributed by atoms with Crippen LogP contribution in [0, 0.1) is 0 Å². The maximum atomic E-state index is 11.3. The molecule has 0 saturated heterocycles. The van der Waals surface area contributed by atoms with E-state index in [1.165, 1.54) is 4.90 Å². The molecule has 4 nitrogen and oxygen atoms in total. The Hall–Kier alpha value is -1.07. The standard InChI is InChI=1S/C15H24N2O2S/c1-3-9-17-15(2,14(18)19)8-4-5-12-20-13-6-10-16-11-7-13/h6-7,10-11,17H,3-5,8-9,12H2,1-2H3,(H,18,19). The van der Waals surface area contributed by atoms with Crippen molar-refractivity contribution in [2.45, 2.75) is 50.0 Å². The minimum absolute atomic E-state index is 0.666. The third-order valence-corrected chi connectivity index (χ3v) is 4.33. The van der Waals surface area contributed by atoms with E-state index in [0.717, 1.165) is 31.6 Å². The number of carbonyl (C=O) groups is 1. The summed E-state index contributed by atoms with van der Waals surface area (Å²) in [6.07, 6.45) is 7.12. The molecule has 20 heavy (non-hydrogen) atoms. The molecule has 2 N–H and O–H groups in total. The molecule has 0 aliphatic carbocycles. The summed E-state index contributed by atoms with van der Waals surface area (Å²) in [5.74, 6) is 0.251. The van der Waals surface area contributed by atoms with Crippen molar-refractivity contribution in [3.63, 3.8) is 0 Å². The molecule has 0 bridgehead atoms. The van der Waals surface area contributed by atoms with Crippen molar-refractivity contribution >= 4 is 17.7 Å². The van der Waals surface area contributed by atoms with Crippen LogP contribution in [0.5, 0.6) is 0 Å². The number of nitrogens with one attached hydrogen (secondary N) is 1. The highest BCUT2D eigenvalue weighted by Gasteiger charge is 2.31. The zero-order chi connectivity index (χ0) is 14.8. The van der Waals surface area contributed by atoms with Crippen molar-refractivity contribution < 1.29 is 9.90 Å². The number of carboxylic acid groups (broad SMARTS) is 1. The molecule has 0 aliphatic rings. The number of aromatic nitrogens is 1. The topological polar surface area (TPSA) is 62.2 Å². The Morgan fingerprint density at radius 1 is 1.40 bits per heavy atom. The summed E-state index contributed by atoms with van der Waals surface area (Å²) in [5, 5.41) is 12.5. The first kappa shape index (κ1) is 17.0. The summed E-state index contributed by atoms with van der Waals surface area (Å²) in [6, 6.07) is 3.99. The molecule has 0 spiro atoms. The fourth-order valence-electron chi connectivity index (χ4n) is 1.88. The summed E-state index contributed by atoms with van der Waals surface area (Å²) in [4.78, 5) is 16.5. The minimum Gasteiger partial charge on any atom is -0.480 e. The summed E-state index contributed by atoms with van der Waals surface area (Å²) in [5.41, 5.74) is -0.794. The molecule has 0 aromatic carbocycles. The molecule has 0 amide bonds. The lowest BCUT2D eigenvalue weighted by Gasteiger charge is -2.26. The number of pyridine rings is 1. The summed E-state index contributed by atoms with van der Waals surface area (Å²) < 4.78 is 0. The van der Waals surface area contributed by atoms with Gasteiger partial charge in [0.1, 0.15) is 5.54 Å². The van der Waals surface area contributed by atoms with Gasteiger partial charge in [0.15, 0.2) is 0 Å². The molecule has 5 heteroatoms. The first-order chi connectivity index (χ1) is 9.58. The van der Waals surface area contributed by atoms with Crippen LogP contribution >= 0.6 is 11.8 Å². The smallest absolute Gasteiger partial charge is 0.323 e. The molecular weight excluding hydrogens is 272 g/mol. The van der Waals surface area contributed by atoms with E-state index >= 15 is 0 Å². The number of rotatable bonds is 10. The molecule has 1 heterocycles.